The molecule has 2 heterocycles. The van der Waals surface area contributed by atoms with E-state index in [4.69, 9.17) is 0 Å². The lowest BCUT2D eigenvalue weighted by molar-refractivity contribution is -0.110. The molecule has 5 rings (SSSR count). The summed E-state index contributed by atoms with van der Waals surface area (Å²) in [6.07, 6.45) is 3.33. The Morgan fingerprint density at radius 3 is 2.47 bits per heavy atom. The number of hydrogen-bond acceptors (Lipinski definition) is 4. The van der Waals surface area contributed by atoms with Gasteiger partial charge in [-0.2, -0.15) is 0 Å². The Morgan fingerprint density at radius 2 is 1.69 bits per heavy atom. The van der Waals surface area contributed by atoms with E-state index in [1.165, 1.54) is 18.3 Å². The molecule has 32 heavy (non-hydrogen) atoms. The molecule has 2 N–H and O–H groups in total. The van der Waals surface area contributed by atoms with Crippen molar-refractivity contribution in [3.63, 3.8) is 0 Å². The third-order valence-electron chi connectivity index (χ3n) is 5.43. The van der Waals surface area contributed by atoms with Gasteiger partial charge in [0.25, 0.3) is 15.9 Å². The first kappa shape index (κ1) is 20.0. The van der Waals surface area contributed by atoms with E-state index < -0.39 is 10.0 Å². The normalized spacial score (nSPS) is 14.4. The van der Waals surface area contributed by atoms with Crippen LogP contribution in [-0.2, 0) is 14.8 Å². The summed E-state index contributed by atoms with van der Waals surface area (Å²) in [5, 5.41) is 2.82. The summed E-state index contributed by atoms with van der Waals surface area (Å²) in [6.45, 7) is 2.03. The molecular weight excluding hydrogens is 422 g/mol. The lowest BCUT2D eigenvalue weighted by atomic mass is 10.0. The molecule has 1 aromatic carbocycles. The van der Waals surface area contributed by atoms with Gasteiger partial charge in [-0.25, -0.2) is 13.4 Å². The number of hydrogen-bond donors (Lipinski definition) is 2. The third-order valence-corrected chi connectivity index (χ3v) is 6.79. The second-order valence-corrected chi connectivity index (χ2v) is 9.24. The molecule has 3 aliphatic rings. The minimum Gasteiger partial charge on any atom is -0.321 e. The number of sulfonamides is 1. The standard InChI is InChI=1S/C25H19N3O3S/c1-16-13-17(20-8-4-2-3-7-19(16)20)14-22-21-15-18(10-11-23(21)27-25(22)29)32(30,31)28-24-9-5-6-12-26-24/h2-15H,1H3,(H,26,28)(H,27,29). The van der Waals surface area contributed by atoms with E-state index >= 15 is 0 Å². The van der Waals surface area contributed by atoms with Crippen LogP contribution in [0.4, 0.5) is 11.5 Å². The molecule has 158 valence electrons. The number of amides is 1. The van der Waals surface area contributed by atoms with Gasteiger partial charge < -0.3 is 5.32 Å². The zero-order chi connectivity index (χ0) is 22.3. The largest absolute Gasteiger partial charge is 0.321 e. The molecule has 0 saturated heterocycles. The van der Waals surface area contributed by atoms with Gasteiger partial charge in [0.1, 0.15) is 5.82 Å². The van der Waals surface area contributed by atoms with E-state index in [1.807, 2.05) is 49.4 Å². The van der Waals surface area contributed by atoms with Crippen LogP contribution < -0.4 is 10.0 Å². The lowest BCUT2D eigenvalue weighted by Crippen LogP contribution is -2.13. The highest BCUT2D eigenvalue weighted by atomic mass is 32.2. The number of benzene rings is 1. The molecule has 1 amide bonds. The predicted molar refractivity (Wildman–Crippen MR) is 126 cm³/mol. The maximum atomic E-state index is 12.9. The number of rotatable bonds is 4. The quantitative estimate of drug-likeness (QED) is 0.446. The highest BCUT2D eigenvalue weighted by Gasteiger charge is 2.27. The van der Waals surface area contributed by atoms with E-state index in [9.17, 15) is 13.2 Å². The topological polar surface area (TPSA) is 88.2 Å². The van der Waals surface area contributed by atoms with Gasteiger partial charge in [-0.15, -0.1) is 0 Å². The van der Waals surface area contributed by atoms with Crippen LogP contribution in [0.25, 0.3) is 22.8 Å². The molecule has 0 atom stereocenters. The van der Waals surface area contributed by atoms with Crippen molar-refractivity contribution < 1.29 is 13.2 Å². The van der Waals surface area contributed by atoms with Crippen molar-refractivity contribution in [1.29, 1.82) is 0 Å². The second-order valence-electron chi connectivity index (χ2n) is 7.56. The molecule has 1 aromatic heterocycles. The zero-order valence-electron chi connectivity index (χ0n) is 17.2. The Morgan fingerprint density at radius 1 is 0.906 bits per heavy atom. The molecule has 1 aliphatic heterocycles. The van der Waals surface area contributed by atoms with Crippen molar-refractivity contribution in [1.82, 2.24) is 4.98 Å². The van der Waals surface area contributed by atoms with Crippen LogP contribution in [0.15, 0.2) is 83.9 Å². The average Bonchev–Trinajstić information content (AvgIpc) is 3.10. The number of pyridine rings is 1. The van der Waals surface area contributed by atoms with Gasteiger partial charge in [0.05, 0.1) is 4.90 Å². The van der Waals surface area contributed by atoms with Gasteiger partial charge in [-0.3, -0.25) is 9.52 Å². The Hall–Kier alpha value is -3.97. The van der Waals surface area contributed by atoms with Crippen molar-refractivity contribution in [3.8, 4) is 11.1 Å². The Kier molecular flexibility index (Phi) is 4.75. The second kappa shape index (κ2) is 7.62. The minimum atomic E-state index is -3.87. The average molecular weight is 442 g/mol. The van der Waals surface area contributed by atoms with Gasteiger partial charge in [0, 0.05) is 23.0 Å². The third kappa shape index (κ3) is 3.52. The molecule has 2 aliphatic carbocycles. The van der Waals surface area contributed by atoms with E-state index in [-0.39, 0.29) is 16.6 Å². The summed E-state index contributed by atoms with van der Waals surface area (Å²) in [7, 11) is -3.87. The van der Waals surface area contributed by atoms with Gasteiger partial charge in [-0.1, -0.05) is 42.5 Å². The maximum absolute atomic E-state index is 12.9. The molecular formula is C25H19N3O3S. The van der Waals surface area contributed by atoms with Crippen LogP contribution in [-0.4, -0.2) is 19.3 Å². The van der Waals surface area contributed by atoms with Crippen LogP contribution in [0.3, 0.4) is 0 Å². The van der Waals surface area contributed by atoms with Gasteiger partial charge in [0.15, 0.2) is 0 Å². The number of nitrogens with zero attached hydrogens (tertiary/aromatic N) is 1. The van der Waals surface area contributed by atoms with Crippen LogP contribution >= 0.6 is 0 Å². The number of aryl methyl sites for hydroxylation is 1. The molecule has 6 nitrogen and oxygen atoms in total. The number of carbonyl (C=O) groups is 1. The SMILES string of the molecule is Cc1cc(C=C2C(=O)Nc3ccc(S(=O)(=O)Nc4ccccn4)cc32)c2cccccc1-2. The fourth-order valence-corrected chi connectivity index (χ4v) is 4.94. The Labute approximate surface area is 186 Å². The van der Waals surface area contributed by atoms with E-state index in [1.54, 1.807) is 24.3 Å². The van der Waals surface area contributed by atoms with E-state index in [0.717, 1.165) is 22.3 Å². The summed E-state index contributed by atoms with van der Waals surface area (Å²) in [5.74, 6) is -0.0379. The number of aromatic nitrogens is 1. The zero-order valence-corrected chi connectivity index (χ0v) is 18.0. The number of nitrogens with one attached hydrogen (secondary N) is 2. The first-order valence-corrected chi connectivity index (χ1v) is 11.5. The van der Waals surface area contributed by atoms with Crippen LogP contribution in [0.5, 0.6) is 0 Å². The van der Waals surface area contributed by atoms with Crippen molar-refractivity contribution in [3.05, 3.63) is 95.7 Å². The minimum absolute atomic E-state index is 0.0549. The fourth-order valence-electron chi connectivity index (χ4n) is 3.90. The smallest absolute Gasteiger partial charge is 0.263 e. The van der Waals surface area contributed by atoms with E-state index in [0.29, 0.717) is 16.8 Å². The van der Waals surface area contributed by atoms with Crippen molar-refractivity contribution in [2.24, 2.45) is 0 Å². The maximum Gasteiger partial charge on any atom is 0.263 e. The first-order valence-electron chi connectivity index (χ1n) is 10.0. The molecule has 0 spiro atoms. The van der Waals surface area contributed by atoms with Crippen molar-refractivity contribution in [2.45, 2.75) is 11.8 Å². The first-order chi connectivity index (χ1) is 15.4. The lowest BCUT2D eigenvalue weighted by Gasteiger charge is -2.08. The van der Waals surface area contributed by atoms with Crippen molar-refractivity contribution in [2.75, 3.05) is 10.0 Å². The van der Waals surface area contributed by atoms with E-state index in [2.05, 4.69) is 15.0 Å². The summed E-state index contributed by atoms with van der Waals surface area (Å²) in [4.78, 5) is 16.8. The Bertz CT molecular complexity index is 1460. The van der Waals surface area contributed by atoms with Crippen LogP contribution in [0.1, 0.15) is 16.7 Å². The summed E-state index contributed by atoms with van der Waals surface area (Å²) in [5.41, 5.74) is 5.71. The van der Waals surface area contributed by atoms with Crippen molar-refractivity contribution >= 4 is 39.1 Å². The highest BCUT2D eigenvalue weighted by molar-refractivity contribution is 7.92. The fraction of sp³-hybridized carbons (Fsp3) is 0.0400. The monoisotopic (exact) mass is 441 g/mol. The summed E-state index contributed by atoms with van der Waals surface area (Å²) >= 11 is 0. The summed E-state index contributed by atoms with van der Waals surface area (Å²) < 4.78 is 28.2. The number of carbonyl (C=O) groups excluding carboxylic acids is 1. The summed E-state index contributed by atoms with van der Waals surface area (Å²) in [6, 6.07) is 21.6. The van der Waals surface area contributed by atoms with Gasteiger partial charge in [-0.05, 0) is 65.6 Å². The Balaban J connectivity index is 1.57. The molecule has 0 saturated carbocycles. The molecule has 0 bridgehead atoms. The molecule has 0 radical (unpaired) electrons. The molecule has 7 heteroatoms. The highest BCUT2D eigenvalue weighted by Crippen LogP contribution is 2.38. The van der Waals surface area contributed by atoms with Gasteiger partial charge >= 0.3 is 0 Å². The number of anilines is 2. The number of fused-ring (bicyclic) bond motifs is 2. The van der Waals surface area contributed by atoms with Crippen LogP contribution in [0.2, 0.25) is 0 Å². The van der Waals surface area contributed by atoms with Crippen LogP contribution in [0, 0.1) is 6.92 Å². The molecule has 0 fully saturated rings. The molecule has 2 aromatic rings. The molecule has 0 unspecified atom stereocenters. The predicted octanol–water partition coefficient (Wildman–Crippen LogP) is 4.79. The van der Waals surface area contributed by atoms with Gasteiger partial charge in [0.2, 0.25) is 0 Å².